The minimum absolute atomic E-state index is 0.0453. The van der Waals surface area contributed by atoms with E-state index in [1.54, 1.807) is 30.8 Å². The molecule has 4 rings (SSSR count). The van der Waals surface area contributed by atoms with Gasteiger partial charge < -0.3 is 15.5 Å². The van der Waals surface area contributed by atoms with Gasteiger partial charge in [0.15, 0.2) is 5.82 Å². The Kier molecular flexibility index (Phi) is 5.09. The highest BCUT2D eigenvalue weighted by Crippen LogP contribution is 2.39. The van der Waals surface area contributed by atoms with Crippen LogP contribution in [0.5, 0.6) is 5.75 Å². The van der Waals surface area contributed by atoms with E-state index in [2.05, 4.69) is 20.6 Å². The number of nitrogens with one attached hydrogen (secondary N) is 1. The second kappa shape index (κ2) is 7.59. The average Bonchev–Trinajstić information content (AvgIpc) is 3.20. The van der Waals surface area contributed by atoms with Crippen molar-refractivity contribution >= 4 is 28.2 Å². The molecule has 0 saturated heterocycles. The number of phenols is 1. The third-order valence-electron chi connectivity index (χ3n) is 4.74. The fourth-order valence-corrected chi connectivity index (χ4v) is 3.62. The molecule has 7 nitrogen and oxygen atoms in total. The Hall–Kier alpha value is -3.16. The predicted octanol–water partition coefficient (Wildman–Crippen LogP) is 4.33. The maximum absolute atomic E-state index is 10.6. The summed E-state index contributed by atoms with van der Waals surface area (Å²) in [5.41, 5.74) is 1.87. The van der Waals surface area contributed by atoms with Crippen LogP contribution in [0.15, 0.2) is 48.8 Å². The van der Waals surface area contributed by atoms with Crippen LogP contribution in [0.25, 0.3) is 27.7 Å². The number of phenolic OH excluding ortho intramolecular Hbond substituents is 1. The number of anilines is 1. The highest BCUT2D eigenvalue weighted by molar-refractivity contribution is 6.31. The Morgan fingerprint density at radius 1 is 1.13 bits per heavy atom. The predicted molar refractivity (Wildman–Crippen MR) is 118 cm³/mol. The SMILES string of the molecule is Cc1cc(Cl)cc(O)c1-c1nnc(NCC(C)(C)O)c2cc(-n3cccn3)ccc12. The fraction of sp³-hybridized carbons (Fsp3) is 0.227. The standard InChI is InChI=1S/C22H22ClN5O2/c1-13-9-14(23)10-18(29)19(13)20-16-6-5-15(28-8-4-7-25-28)11-17(16)21(27-26-20)24-12-22(2,3)30/h4-11,29-30H,12H2,1-3H3,(H,24,27). The molecule has 0 atom stereocenters. The number of nitrogens with zero attached hydrogens (tertiary/aromatic N) is 4. The summed E-state index contributed by atoms with van der Waals surface area (Å²) in [6.07, 6.45) is 3.57. The molecule has 0 radical (unpaired) electrons. The molecule has 30 heavy (non-hydrogen) atoms. The molecule has 4 aromatic rings. The normalized spacial score (nSPS) is 11.8. The van der Waals surface area contributed by atoms with Crippen LogP contribution >= 0.6 is 11.6 Å². The van der Waals surface area contributed by atoms with E-state index in [-0.39, 0.29) is 5.75 Å². The molecule has 0 saturated carbocycles. The summed E-state index contributed by atoms with van der Waals surface area (Å²) in [7, 11) is 0. The smallest absolute Gasteiger partial charge is 0.156 e. The summed E-state index contributed by atoms with van der Waals surface area (Å²) in [5, 5.41) is 39.0. The van der Waals surface area contributed by atoms with Crippen molar-refractivity contribution in [2.45, 2.75) is 26.4 Å². The molecule has 0 unspecified atom stereocenters. The molecule has 0 aliphatic carbocycles. The highest BCUT2D eigenvalue weighted by atomic mass is 35.5. The molecular weight excluding hydrogens is 402 g/mol. The first kappa shape index (κ1) is 20.1. The Labute approximate surface area is 179 Å². The van der Waals surface area contributed by atoms with Crippen LogP contribution in [0.1, 0.15) is 19.4 Å². The number of rotatable bonds is 5. The second-order valence-electron chi connectivity index (χ2n) is 7.86. The van der Waals surface area contributed by atoms with E-state index < -0.39 is 5.60 Å². The molecule has 0 aliphatic rings. The first-order valence-electron chi connectivity index (χ1n) is 9.49. The van der Waals surface area contributed by atoms with Gasteiger partial charge in [-0.3, -0.25) is 0 Å². The molecule has 8 heteroatoms. The third-order valence-corrected chi connectivity index (χ3v) is 4.96. The van der Waals surface area contributed by atoms with Crippen molar-refractivity contribution < 1.29 is 10.2 Å². The van der Waals surface area contributed by atoms with E-state index >= 15 is 0 Å². The minimum atomic E-state index is -0.919. The molecule has 0 bridgehead atoms. The summed E-state index contributed by atoms with van der Waals surface area (Å²) in [5.74, 6) is 0.583. The van der Waals surface area contributed by atoms with Crippen LogP contribution in [0.4, 0.5) is 5.82 Å². The van der Waals surface area contributed by atoms with Crippen LogP contribution < -0.4 is 5.32 Å². The Balaban J connectivity index is 1.94. The van der Waals surface area contributed by atoms with Crippen LogP contribution in [0, 0.1) is 6.92 Å². The van der Waals surface area contributed by atoms with Crippen molar-refractivity contribution in [1.29, 1.82) is 0 Å². The molecule has 2 aromatic heterocycles. The number of aryl methyl sites for hydroxylation is 1. The lowest BCUT2D eigenvalue weighted by Gasteiger charge is -2.19. The Morgan fingerprint density at radius 2 is 1.93 bits per heavy atom. The first-order valence-corrected chi connectivity index (χ1v) is 9.87. The van der Waals surface area contributed by atoms with Gasteiger partial charge >= 0.3 is 0 Å². The summed E-state index contributed by atoms with van der Waals surface area (Å²) in [6, 6.07) is 10.9. The van der Waals surface area contributed by atoms with Gasteiger partial charge in [-0.15, -0.1) is 10.2 Å². The zero-order valence-electron chi connectivity index (χ0n) is 16.9. The molecule has 2 heterocycles. The van der Waals surface area contributed by atoms with Crippen molar-refractivity contribution in [2.24, 2.45) is 0 Å². The number of halogens is 1. The lowest BCUT2D eigenvalue weighted by molar-refractivity contribution is 0.0944. The van der Waals surface area contributed by atoms with Gasteiger partial charge in [-0.05, 0) is 62.7 Å². The van der Waals surface area contributed by atoms with Crippen molar-refractivity contribution in [1.82, 2.24) is 20.0 Å². The van der Waals surface area contributed by atoms with E-state index in [4.69, 9.17) is 11.6 Å². The molecular formula is C22H22ClN5O2. The number of fused-ring (bicyclic) bond motifs is 1. The van der Waals surface area contributed by atoms with Gasteiger partial charge in [0.25, 0.3) is 0 Å². The number of hydrogen-bond acceptors (Lipinski definition) is 6. The molecule has 0 amide bonds. The number of hydrogen-bond donors (Lipinski definition) is 3. The van der Waals surface area contributed by atoms with Gasteiger partial charge in [0.2, 0.25) is 0 Å². The Bertz CT molecular complexity index is 1190. The van der Waals surface area contributed by atoms with Gasteiger partial charge in [0.1, 0.15) is 11.4 Å². The van der Waals surface area contributed by atoms with Gasteiger partial charge in [-0.25, -0.2) is 4.68 Å². The summed E-state index contributed by atoms with van der Waals surface area (Å²) >= 11 is 6.08. The van der Waals surface area contributed by atoms with Gasteiger partial charge in [0, 0.05) is 40.3 Å². The average molecular weight is 424 g/mol. The second-order valence-corrected chi connectivity index (χ2v) is 8.30. The fourth-order valence-electron chi connectivity index (χ4n) is 3.36. The quantitative estimate of drug-likeness (QED) is 0.442. The van der Waals surface area contributed by atoms with Gasteiger partial charge in [-0.1, -0.05) is 11.6 Å². The zero-order chi connectivity index (χ0) is 21.5. The molecule has 0 aliphatic heterocycles. The summed E-state index contributed by atoms with van der Waals surface area (Å²) in [6.45, 7) is 5.60. The van der Waals surface area contributed by atoms with Crippen LogP contribution in [-0.2, 0) is 0 Å². The topological polar surface area (TPSA) is 96.1 Å². The molecule has 154 valence electrons. The Morgan fingerprint density at radius 3 is 2.60 bits per heavy atom. The first-order chi connectivity index (χ1) is 14.2. The van der Waals surface area contributed by atoms with Crippen LogP contribution in [0.2, 0.25) is 5.02 Å². The summed E-state index contributed by atoms with van der Waals surface area (Å²) < 4.78 is 1.75. The zero-order valence-corrected chi connectivity index (χ0v) is 17.6. The maximum Gasteiger partial charge on any atom is 0.156 e. The van der Waals surface area contributed by atoms with Gasteiger partial charge in [0.05, 0.1) is 11.3 Å². The third kappa shape index (κ3) is 3.94. The maximum atomic E-state index is 10.6. The van der Waals surface area contributed by atoms with E-state index in [0.717, 1.165) is 22.0 Å². The lowest BCUT2D eigenvalue weighted by Crippen LogP contribution is -2.29. The number of aromatic nitrogens is 4. The van der Waals surface area contributed by atoms with Crippen molar-refractivity contribution in [2.75, 3.05) is 11.9 Å². The van der Waals surface area contributed by atoms with Gasteiger partial charge in [-0.2, -0.15) is 5.10 Å². The largest absolute Gasteiger partial charge is 0.507 e. The van der Waals surface area contributed by atoms with Crippen molar-refractivity contribution in [3.05, 3.63) is 59.4 Å². The monoisotopic (exact) mass is 423 g/mol. The van der Waals surface area contributed by atoms with Crippen molar-refractivity contribution in [3.63, 3.8) is 0 Å². The minimum Gasteiger partial charge on any atom is -0.507 e. The number of benzene rings is 2. The van der Waals surface area contributed by atoms with Crippen LogP contribution in [-0.4, -0.2) is 42.3 Å². The van der Waals surface area contributed by atoms with Crippen LogP contribution in [0.3, 0.4) is 0 Å². The van der Waals surface area contributed by atoms with Crippen molar-refractivity contribution in [3.8, 4) is 22.7 Å². The molecule has 0 spiro atoms. The van der Waals surface area contributed by atoms with E-state index in [1.165, 1.54) is 6.07 Å². The molecule has 2 aromatic carbocycles. The number of aromatic hydroxyl groups is 1. The number of aliphatic hydroxyl groups is 1. The van der Waals surface area contributed by atoms with E-state index in [9.17, 15) is 10.2 Å². The lowest BCUT2D eigenvalue weighted by atomic mass is 9.99. The highest BCUT2D eigenvalue weighted by Gasteiger charge is 2.19. The summed E-state index contributed by atoms with van der Waals surface area (Å²) in [4.78, 5) is 0. The molecule has 3 N–H and O–H groups in total. The molecule has 0 fully saturated rings. The van der Waals surface area contributed by atoms with E-state index in [0.29, 0.717) is 28.6 Å². The van der Waals surface area contributed by atoms with E-state index in [1.807, 2.05) is 37.4 Å².